The van der Waals surface area contributed by atoms with Crippen molar-refractivity contribution in [3.05, 3.63) is 64.8 Å². The van der Waals surface area contributed by atoms with Gasteiger partial charge in [-0.1, -0.05) is 23.7 Å². The number of aromatic nitrogens is 1. The number of nitrogens with zero attached hydrogens (tertiary/aromatic N) is 1. The molecule has 1 aromatic heterocycles. The molecule has 22 heavy (non-hydrogen) atoms. The minimum absolute atomic E-state index is 0.605. The molecule has 0 radical (unpaired) electrons. The Kier molecular flexibility index (Phi) is 4.16. The fourth-order valence-corrected chi connectivity index (χ4v) is 2.70. The van der Waals surface area contributed by atoms with Gasteiger partial charge in [-0.2, -0.15) is 0 Å². The minimum Gasteiger partial charge on any atom is -0.494 e. The average Bonchev–Trinajstić information content (AvgIpc) is 2.87. The first-order valence-electron chi connectivity index (χ1n) is 7.16. The van der Waals surface area contributed by atoms with Crippen LogP contribution >= 0.6 is 11.6 Å². The lowest BCUT2D eigenvalue weighted by Gasteiger charge is -2.07. The summed E-state index contributed by atoms with van der Waals surface area (Å²) in [5, 5.41) is 1.63. The summed E-state index contributed by atoms with van der Waals surface area (Å²) >= 11 is 5.92. The third kappa shape index (κ3) is 2.85. The molecule has 0 fully saturated rings. The van der Waals surface area contributed by atoms with E-state index >= 15 is 0 Å². The molecule has 0 aliphatic rings. The molecule has 0 aliphatic heterocycles. The van der Waals surface area contributed by atoms with Crippen LogP contribution in [0.15, 0.2) is 48.7 Å². The normalized spacial score (nSPS) is 10.8. The Morgan fingerprint density at radius 3 is 2.64 bits per heavy atom. The fourth-order valence-electron chi connectivity index (χ4n) is 2.57. The van der Waals surface area contributed by atoms with Crippen LogP contribution in [0, 0.1) is 0 Å². The molecule has 3 aromatic rings. The molecule has 1 heterocycles. The topological polar surface area (TPSA) is 31.2 Å². The van der Waals surface area contributed by atoms with Gasteiger partial charge in [0.25, 0.3) is 0 Å². The number of carbonyl (C=O) groups is 1. The molecule has 3 rings (SSSR count). The first-order chi connectivity index (χ1) is 10.7. The van der Waals surface area contributed by atoms with Crippen LogP contribution in [0.1, 0.15) is 22.8 Å². The van der Waals surface area contributed by atoms with Crippen molar-refractivity contribution < 1.29 is 9.53 Å². The summed E-state index contributed by atoms with van der Waals surface area (Å²) < 4.78 is 7.58. The fraction of sp³-hybridized carbons (Fsp3) is 0.167. The zero-order chi connectivity index (χ0) is 15.5. The predicted molar refractivity (Wildman–Crippen MR) is 89.0 cm³/mol. The Morgan fingerprint density at radius 1 is 1.18 bits per heavy atom. The summed E-state index contributed by atoms with van der Waals surface area (Å²) in [5.74, 6) is 0.780. The van der Waals surface area contributed by atoms with Gasteiger partial charge in [-0.05, 0) is 42.8 Å². The third-order valence-electron chi connectivity index (χ3n) is 3.59. The van der Waals surface area contributed by atoms with Crippen LogP contribution in [0.2, 0.25) is 5.02 Å². The summed E-state index contributed by atoms with van der Waals surface area (Å²) in [6.07, 6.45) is 2.76. The van der Waals surface area contributed by atoms with E-state index in [9.17, 15) is 4.79 Å². The Labute approximate surface area is 134 Å². The number of ether oxygens (including phenoxy) is 1. The molecule has 0 aliphatic carbocycles. The largest absolute Gasteiger partial charge is 0.494 e. The average molecular weight is 314 g/mol. The summed E-state index contributed by atoms with van der Waals surface area (Å²) in [4.78, 5) is 11.3. The van der Waals surface area contributed by atoms with Crippen LogP contribution in [0.4, 0.5) is 0 Å². The smallest absolute Gasteiger partial charge is 0.152 e. The predicted octanol–water partition coefficient (Wildman–Crippen LogP) is 4.55. The van der Waals surface area contributed by atoms with Crippen molar-refractivity contribution >= 4 is 28.8 Å². The van der Waals surface area contributed by atoms with Gasteiger partial charge in [0.2, 0.25) is 0 Å². The van der Waals surface area contributed by atoms with Gasteiger partial charge in [-0.3, -0.25) is 4.79 Å². The van der Waals surface area contributed by atoms with Crippen molar-refractivity contribution in [1.82, 2.24) is 4.57 Å². The SMILES string of the molecule is CCOc1ccc2c(c1)c(C=O)cn2Cc1ccc(Cl)cc1. The second-order valence-corrected chi connectivity index (χ2v) is 5.51. The van der Waals surface area contributed by atoms with E-state index in [1.165, 1.54) is 0 Å². The molecule has 0 saturated heterocycles. The molecule has 0 bridgehead atoms. The molecular formula is C18H16ClNO2. The molecule has 0 saturated carbocycles. The molecule has 3 nitrogen and oxygen atoms in total. The van der Waals surface area contributed by atoms with Gasteiger partial charge in [0.1, 0.15) is 5.75 Å². The van der Waals surface area contributed by atoms with Gasteiger partial charge < -0.3 is 9.30 Å². The summed E-state index contributed by atoms with van der Waals surface area (Å²) in [6, 6.07) is 13.6. The standard InChI is InChI=1S/C18H16ClNO2/c1-2-22-16-7-8-18-17(9-16)14(12-21)11-20(18)10-13-3-5-15(19)6-4-13/h3-9,11-12H,2,10H2,1H3. The van der Waals surface area contributed by atoms with E-state index in [1.54, 1.807) is 0 Å². The zero-order valence-electron chi connectivity index (χ0n) is 12.3. The first kappa shape index (κ1) is 14.7. The van der Waals surface area contributed by atoms with Gasteiger partial charge in [-0.15, -0.1) is 0 Å². The van der Waals surface area contributed by atoms with Crippen molar-refractivity contribution in [2.24, 2.45) is 0 Å². The Bertz CT molecular complexity index is 806. The maximum Gasteiger partial charge on any atom is 0.152 e. The van der Waals surface area contributed by atoms with Crippen molar-refractivity contribution in [2.75, 3.05) is 6.61 Å². The number of halogens is 1. The summed E-state index contributed by atoms with van der Waals surface area (Å²) in [5.41, 5.74) is 2.82. The lowest BCUT2D eigenvalue weighted by Crippen LogP contribution is -1.97. The summed E-state index contributed by atoms with van der Waals surface area (Å²) in [7, 11) is 0. The van der Waals surface area contributed by atoms with E-state index in [0.717, 1.165) is 33.5 Å². The second kappa shape index (κ2) is 6.24. The van der Waals surface area contributed by atoms with Gasteiger partial charge in [-0.25, -0.2) is 0 Å². The van der Waals surface area contributed by atoms with Crippen molar-refractivity contribution in [2.45, 2.75) is 13.5 Å². The van der Waals surface area contributed by atoms with E-state index in [-0.39, 0.29) is 0 Å². The summed E-state index contributed by atoms with van der Waals surface area (Å²) in [6.45, 7) is 3.24. The molecule has 4 heteroatoms. The highest BCUT2D eigenvalue weighted by Crippen LogP contribution is 2.26. The minimum atomic E-state index is 0.605. The van der Waals surface area contributed by atoms with Crippen LogP contribution in [0.25, 0.3) is 10.9 Å². The highest BCUT2D eigenvalue weighted by molar-refractivity contribution is 6.30. The monoisotopic (exact) mass is 313 g/mol. The maximum atomic E-state index is 11.3. The van der Waals surface area contributed by atoms with Gasteiger partial charge >= 0.3 is 0 Å². The first-order valence-corrected chi connectivity index (χ1v) is 7.54. The number of aldehydes is 1. The van der Waals surface area contributed by atoms with E-state index in [4.69, 9.17) is 16.3 Å². The van der Waals surface area contributed by atoms with Gasteiger partial charge in [0.15, 0.2) is 6.29 Å². The Hall–Kier alpha value is -2.26. The number of benzene rings is 2. The van der Waals surface area contributed by atoms with E-state index in [2.05, 4.69) is 4.57 Å². The highest BCUT2D eigenvalue weighted by Gasteiger charge is 2.09. The third-order valence-corrected chi connectivity index (χ3v) is 3.84. The molecule has 0 atom stereocenters. The van der Waals surface area contributed by atoms with E-state index < -0.39 is 0 Å². The number of hydrogen-bond acceptors (Lipinski definition) is 2. The molecule has 2 aromatic carbocycles. The second-order valence-electron chi connectivity index (χ2n) is 5.07. The highest BCUT2D eigenvalue weighted by atomic mass is 35.5. The number of hydrogen-bond donors (Lipinski definition) is 0. The lowest BCUT2D eigenvalue weighted by atomic mass is 10.2. The van der Waals surface area contributed by atoms with Crippen molar-refractivity contribution in [1.29, 1.82) is 0 Å². The zero-order valence-corrected chi connectivity index (χ0v) is 13.0. The quantitative estimate of drug-likeness (QED) is 0.647. The number of fused-ring (bicyclic) bond motifs is 1. The van der Waals surface area contributed by atoms with Gasteiger partial charge in [0, 0.05) is 34.2 Å². The molecule has 0 amide bonds. The molecule has 0 unspecified atom stereocenters. The molecule has 0 N–H and O–H groups in total. The lowest BCUT2D eigenvalue weighted by molar-refractivity contribution is 0.112. The van der Waals surface area contributed by atoms with Crippen LogP contribution < -0.4 is 4.74 Å². The van der Waals surface area contributed by atoms with Crippen molar-refractivity contribution in [3.8, 4) is 5.75 Å². The number of carbonyl (C=O) groups excluding carboxylic acids is 1. The molecule has 0 spiro atoms. The Balaban J connectivity index is 2.02. The maximum absolute atomic E-state index is 11.3. The van der Waals surface area contributed by atoms with Crippen molar-refractivity contribution in [3.63, 3.8) is 0 Å². The van der Waals surface area contributed by atoms with E-state index in [1.807, 2.05) is 55.6 Å². The number of rotatable bonds is 5. The van der Waals surface area contributed by atoms with Crippen LogP contribution in [-0.4, -0.2) is 17.5 Å². The molecular weight excluding hydrogens is 298 g/mol. The van der Waals surface area contributed by atoms with E-state index in [0.29, 0.717) is 18.7 Å². The van der Waals surface area contributed by atoms with Gasteiger partial charge in [0.05, 0.1) is 6.61 Å². The molecule has 112 valence electrons. The van der Waals surface area contributed by atoms with Crippen LogP contribution in [0.5, 0.6) is 5.75 Å². The Morgan fingerprint density at radius 2 is 1.95 bits per heavy atom. The van der Waals surface area contributed by atoms with Crippen LogP contribution in [0.3, 0.4) is 0 Å². The van der Waals surface area contributed by atoms with Crippen LogP contribution in [-0.2, 0) is 6.54 Å².